The molecule has 0 radical (unpaired) electrons. The zero-order valence-electron chi connectivity index (χ0n) is 21.2. The molecule has 6 rings (SSSR count). The second-order valence-corrected chi connectivity index (χ2v) is 10.1. The number of nitrogens with zero attached hydrogens (tertiary/aromatic N) is 3. The fourth-order valence-electron chi connectivity index (χ4n) is 5.99. The molecule has 3 aromatic carbocycles. The standard InChI is InChI=1S/C32H27N3O4/c36-29(37)21-34-19-17-32(20-28(34)30(38)26-11-6-7-18-33-26)25-10-4-5-12-27(25)35(31(32)39)24-15-13-23(14-16-24)22-8-2-1-3-9-22/h1-16,18,28H,17,19-21H2,(H,36,37). The Bertz CT molecular complexity index is 1540. The van der Waals surface area contributed by atoms with E-state index >= 15 is 0 Å². The van der Waals surface area contributed by atoms with Crippen molar-refractivity contribution in [2.24, 2.45) is 0 Å². The van der Waals surface area contributed by atoms with E-state index in [9.17, 15) is 19.5 Å². The number of likely N-dealkylation sites (tertiary alicyclic amines) is 1. The first-order valence-corrected chi connectivity index (χ1v) is 13.0. The maximum Gasteiger partial charge on any atom is 0.317 e. The van der Waals surface area contributed by atoms with E-state index in [1.165, 1.54) is 0 Å². The number of benzene rings is 3. The van der Waals surface area contributed by atoms with Crippen LogP contribution in [0.2, 0.25) is 0 Å². The largest absolute Gasteiger partial charge is 0.480 e. The third-order valence-corrected chi connectivity index (χ3v) is 7.87. The van der Waals surface area contributed by atoms with Crippen LogP contribution in [0.25, 0.3) is 11.1 Å². The van der Waals surface area contributed by atoms with Crippen LogP contribution in [0.4, 0.5) is 11.4 Å². The highest BCUT2D eigenvalue weighted by Crippen LogP contribution is 2.52. The fourth-order valence-corrected chi connectivity index (χ4v) is 5.99. The number of Topliss-reactive ketones (excluding diaryl/α,β-unsaturated/α-hetero) is 1. The van der Waals surface area contributed by atoms with Crippen molar-refractivity contribution in [1.82, 2.24) is 9.88 Å². The molecular formula is C32H27N3O4. The van der Waals surface area contributed by atoms with Gasteiger partial charge in [-0.1, -0.05) is 66.7 Å². The number of para-hydroxylation sites is 1. The summed E-state index contributed by atoms with van der Waals surface area (Å²) in [5.41, 5.74) is 3.89. The molecule has 0 saturated carbocycles. The summed E-state index contributed by atoms with van der Waals surface area (Å²) < 4.78 is 0. The first-order valence-electron chi connectivity index (χ1n) is 13.0. The van der Waals surface area contributed by atoms with Gasteiger partial charge in [-0.3, -0.25) is 29.2 Å². The van der Waals surface area contributed by atoms with E-state index in [-0.39, 0.29) is 30.3 Å². The van der Waals surface area contributed by atoms with Gasteiger partial charge in [0.1, 0.15) is 5.69 Å². The van der Waals surface area contributed by atoms with Gasteiger partial charge in [-0.2, -0.15) is 0 Å². The number of aromatic nitrogens is 1. The predicted molar refractivity (Wildman–Crippen MR) is 148 cm³/mol. The number of pyridine rings is 1. The molecule has 1 spiro atoms. The van der Waals surface area contributed by atoms with Crippen molar-refractivity contribution in [2.75, 3.05) is 18.0 Å². The van der Waals surface area contributed by atoms with Gasteiger partial charge in [-0.25, -0.2) is 0 Å². The predicted octanol–water partition coefficient (Wildman–Crippen LogP) is 5.10. The maximum absolute atomic E-state index is 14.4. The minimum absolute atomic E-state index is 0.0926. The van der Waals surface area contributed by atoms with Crippen LogP contribution in [0, 0.1) is 0 Å². The van der Waals surface area contributed by atoms with Gasteiger partial charge in [0.25, 0.3) is 0 Å². The van der Waals surface area contributed by atoms with Crippen LogP contribution in [0.5, 0.6) is 0 Å². The molecule has 1 N–H and O–H groups in total. The van der Waals surface area contributed by atoms with Crippen LogP contribution >= 0.6 is 0 Å². The molecule has 7 heteroatoms. The number of fused-ring (bicyclic) bond motifs is 2. The lowest BCUT2D eigenvalue weighted by atomic mass is 9.70. The average Bonchev–Trinajstić information content (AvgIpc) is 3.21. The van der Waals surface area contributed by atoms with Crippen molar-refractivity contribution >= 4 is 29.0 Å². The number of carbonyl (C=O) groups excluding carboxylic acids is 2. The van der Waals surface area contributed by atoms with E-state index in [4.69, 9.17) is 0 Å². The zero-order chi connectivity index (χ0) is 27.0. The van der Waals surface area contributed by atoms with E-state index in [2.05, 4.69) is 4.98 Å². The SMILES string of the molecule is O=C(O)CN1CCC2(CC1C(=O)c1ccccn1)C(=O)N(c1ccc(-c3ccccc3)cc1)c1ccccc12. The van der Waals surface area contributed by atoms with Crippen LogP contribution in [-0.2, 0) is 15.0 Å². The molecule has 0 bridgehead atoms. The number of anilines is 2. The number of carboxylic acid groups (broad SMARTS) is 1. The second kappa shape index (κ2) is 9.93. The van der Waals surface area contributed by atoms with Crippen LogP contribution in [0.3, 0.4) is 0 Å². The first kappa shape index (κ1) is 24.7. The summed E-state index contributed by atoms with van der Waals surface area (Å²) in [5.74, 6) is -1.38. The molecule has 39 heavy (non-hydrogen) atoms. The molecule has 3 heterocycles. The van der Waals surface area contributed by atoms with E-state index in [0.29, 0.717) is 13.0 Å². The van der Waals surface area contributed by atoms with Gasteiger partial charge in [0.15, 0.2) is 5.78 Å². The Labute approximate surface area is 226 Å². The minimum Gasteiger partial charge on any atom is -0.480 e. The summed E-state index contributed by atoms with van der Waals surface area (Å²) >= 11 is 0. The summed E-state index contributed by atoms with van der Waals surface area (Å²) in [5, 5.41) is 9.55. The zero-order valence-corrected chi connectivity index (χ0v) is 21.2. The number of ketones is 1. The number of piperidine rings is 1. The first-order chi connectivity index (χ1) is 19.0. The van der Waals surface area contributed by atoms with Gasteiger partial charge in [0.2, 0.25) is 5.91 Å². The summed E-state index contributed by atoms with van der Waals surface area (Å²) in [7, 11) is 0. The van der Waals surface area contributed by atoms with Crippen LogP contribution in [0.1, 0.15) is 28.9 Å². The lowest BCUT2D eigenvalue weighted by molar-refractivity contribution is -0.139. The Hall–Kier alpha value is -4.62. The van der Waals surface area contributed by atoms with E-state index < -0.39 is 17.4 Å². The molecule has 2 aliphatic rings. The lowest BCUT2D eigenvalue weighted by Gasteiger charge is -2.42. The van der Waals surface area contributed by atoms with Gasteiger partial charge >= 0.3 is 5.97 Å². The van der Waals surface area contributed by atoms with Gasteiger partial charge in [0, 0.05) is 18.4 Å². The monoisotopic (exact) mass is 517 g/mol. The molecule has 1 amide bonds. The summed E-state index contributed by atoms with van der Waals surface area (Å²) in [6.45, 7) is 0.0240. The highest BCUT2D eigenvalue weighted by atomic mass is 16.4. The lowest BCUT2D eigenvalue weighted by Crippen LogP contribution is -2.56. The molecule has 4 aromatic rings. The van der Waals surface area contributed by atoms with Crippen molar-refractivity contribution in [3.05, 3.63) is 115 Å². The number of amides is 1. The average molecular weight is 518 g/mol. The van der Waals surface area contributed by atoms with Crippen LogP contribution < -0.4 is 4.90 Å². The van der Waals surface area contributed by atoms with Gasteiger partial charge in [-0.15, -0.1) is 0 Å². The Morgan fingerprint density at radius 3 is 2.28 bits per heavy atom. The topological polar surface area (TPSA) is 90.8 Å². The molecule has 2 aliphatic heterocycles. The molecule has 7 nitrogen and oxygen atoms in total. The van der Waals surface area contributed by atoms with E-state index in [1.807, 2.05) is 78.9 Å². The maximum atomic E-state index is 14.4. The molecule has 2 atom stereocenters. The highest BCUT2D eigenvalue weighted by molar-refractivity contribution is 6.13. The fraction of sp³-hybridized carbons (Fsp3) is 0.188. The van der Waals surface area contributed by atoms with Crippen molar-refractivity contribution < 1.29 is 19.5 Å². The molecule has 1 aromatic heterocycles. The summed E-state index contributed by atoms with van der Waals surface area (Å²) in [6, 6.07) is 30.0. The van der Waals surface area contributed by atoms with Gasteiger partial charge in [-0.05, 0) is 59.9 Å². The Balaban J connectivity index is 1.38. The number of aliphatic carboxylic acids is 1. The third-order valence-electron chi connectivity index (χ3n) is 7.87. The Morgan fingerprint density at radius 1 is 0.872 bits per heavy atom. The summed E-state index contributed by atoms with van der Waals surface area (Å²) in [4.78, 5) is 47.4. The summed E-state index contributed by atoms with van der Waals surface area (Å²) in [6.07, 6.45) is 2.15. The number of hydrogen-bond acceptors (Lipinski definition) is 5. The molecule has 1 fully saturated rings. The molecular weight excluding hydrogens is 490 g/mol. The quantitative estimate of drug-likeness (QED) is 0.358. The van der Waals surface area contributed by atoms with Crippen LogP contribution in [-0.4, -0.2) is 51.8 Å². The molecule has 2 unspecified atom stereocenters. The Morgan fingerprint density at radius 2 is 1.56 bits per heavy atom. The number of carbonyl (C=O) groups is 3. The van der Waals surface area contributed by atoms with Crippen molar-refractivity contribution in [1.29, 1.82) is 0 Å². The highest BCUT2D eigenvalue weighted by Gasteiger charge is 2.56. The van der Waals surface area contributed by atoms with E-state index in [0.717, 1.165) is 28.1 Å². The normalized spacial score (nSPS) is 20.7. The molecule has 1 saturated heterocycles. The smallest absolute Gasteiger partial charge is 0.317 e. The van der Waals surface area contributed by atoms with Gasteiger partial charge in [0.05, 0.1) is 23.7 Å². The Kier molecular flexibility index (Phi) is 6.29. The minimum atomic E-state index is -1.01. The van der Waals surface area contributed by atoms with Gasteiger partial charge < -0.3 is 5.11 Å². The van der Waals surface area contributed by atoms with Crippen LogP contribution in [0.15, 0.2) is 103 Å². The molecule has 194 valence electrons. The van der Waals surface area contributed by atoms with E-state index in [1.54, 1.807) is 34.2 Å². The van der Waals surface area contributed by atoms with Crippen molar-refractivity contribution in [2.45, 2.75) is 24.3 Å². The number of carboxylic acids is 1. The number of rotatable bonds is 6. The number of hydrogen-bond donors (Lipinski definition) is 1. The second-order valence-electron chi connectivity index (χ2n) is 10.1. The third kappa shape index (κ3) is 4.30. The van der Waals surface area contributed by atoms with Crippen molar-refractivity contribution in [3.63, 3.8) is 0 Å². The van der Waals surface area contributed by atoms with Crippen molar-refractivity contribution in [3.8, 4) is 11.1 Å². The molecule has 0 aliphatic carbocycles.